The summed E-state index contributed by atoms with van der Waals surface area (Å²) in [6, 6.07) is 4.55. The molecule has 5 rings (SSSR count). The number of aryl methyl sites for hydroxylation is 3. The Morgan fingerprint density at radius 3 is 2.81 bits per heavy atom. The number of carboxylic acid groups (broad SMARTS) is 1. The molecular weight excluding hydrogens is 494 g/mol. The third-order valence-electron chi connectivity index (χ3n) is 7.99. The minimum atomic E-state index is -1.12. The summed E-state index contributed by atoms with van der Waals surface area (Å²) in [5.41, 5.74) is 4.40. The van der Waals surface area contributed by atoms with Crippen LogP contribution < -0.4 is 10.9 Å². The van der Waals surface area contributed by atoms with Crippen LogP contribution in [0.5, 0.6) is 0 Å². The van der Waals surface area contributed by atoms with Crippen molar-refractivity contribution in [2.45, 2.75) is 89.3 Å². The second-order valence-corrected chi connectivity index (χ2v) is 11.0. The number of pyridine rings is 2. The molecule has 0 spiro atoms. The van der Waals surface area contributed by atoms with Gasteiger partial charge in [0, 0.05) is 42.7 Å². The fourth-order valence-corrected chi connectivity index (χ4v) is 6.11. The van der Waals surface area contributed by atoms with E-state index in [4.69, 9.17) is 21.3 Å². The number of hydrogen-bond acceptors (Lipinski definition) is 5. The number of hydrogen-bond donors (Lipinski definition) is 2. The van der Waals surface area contributed by atoms with E-state index < -0.39 is 17.9 Å². The molecule has 37 heavy (non-hydrogen) atoms. The second kappa shape index (κ2) is 11.4. The fourth-order valence-electron chi connectivity index (χ4n) is 5.82. The van der Waals surface area contributed by atoms with Crippen LogP contribution in [0.3, 0.4) is 0 Å². The van der Waals surface area contributed by atoms with Gasteiger partial charge in [-0.15, -0.1) is 0 Å². The highest BCUT2D eigenvalue weighted by atomic mass is 35.5. The summed E-state index contributed by atoms with van der Waals surface area (Å²) in [4.78, 5) is 41.7. The molecule has 0 unspecified atom stereocenters. The van der Waals surface area contributed by atoms with Crippen molar-refractivity contribution in [3.05, 3.63) is 61.8 Å². The van der Waals surface area contributed by atoms with Crippen molar-refractivity contribution in [3.63, 3.8) is 0 Å². The molecule has 1 fully saturated rings. The largest absolute Gasteiger partial charge is 0.480 e. The maximum Gasteiger partial charge on any atom is 0.326 e. The number of rotatable bonds is 10. The number of carboxylic acids is 1. The molecule has 2 aliphatic carbocycles. The van der Waals surface area contributed by atoms with Crippen molar-refractivity contribution in [3.8, 4) is 0 Å². The van der Waals surface area contributed by atoms with E-state index in [0.29, 0.717) is 24.6 Å². The van der Waals surface area contributed by atoms with Gasteiger partial charge in [-0.2, -0.15) is 0 Å². The van der Waals surface area contributed by atoms with Crippen molar-refractivity contribution in [1.82, 2.24) is 14.9 Å². The first kappa shape index (κ1) is 25.9. The third kappa shape index (κ3) is 5.91. The van der Waals surface area contributed by atoms with Crippen molar-refractivity contribution in [2.24, 2.45) is 5.92 Å². The summed E-state index contributed by atoms with van der Waals surface area (Å²) in [5.74, 6) is -1.09. The maximum atomic E-state index is 12.9. The van der Waals surface area contributed by atoms with E-state index in [1.165, 1.54) is 40.4 Å². The van der Waals surface area contributed by atoms with Gasteiger partial charge >= 0.3 is 5.97 Å². The normalized spacial score (nSPS) is 21.0. The Labute approximate surface area is 221 Å². The Morgan fingerprint density at radius 1 is 1.19 bits per heavy atom. The van der Waals surface area contributed by atoms with Gasteiger partial charge in [-0.05, 0) is 81.8 Å². The van der Waals surface area contributed by atoms with Crippen LogP contribution >= 0.6 is 11.6 Å². The number of nitrogens with zero attached hydrogens (tertiary/aromatic N) is 2. The molecule has 0 aromatic carbocycles. The summed E-state index contributed by atoms with van der Waals surface area (Å²) in [5, 5.41) is 12.3. The van der Waals surface area contributed by atoms with Gasteiger partial charge in [0.15, 0.2) is 0 Å². The zero-order chi connectivity index (χ0) is 25.9. The standard InChI is InChI=1S/C28H34ClN3O5/c29-21-16-25(33)32-12-3-6-24(32)26(21)27(34)31-23(28(35)36)11-13-37-20-14-17(15-20)7-9-19-10-8-18-4-1-2-5-22(18)30-19/h8,10,16-17,20,23H,1-7,9,11-15H2,(H,31,34)(H,35,36)/t17?,20?,23-/m0/s1. The van der Waals surface area contributed by atoms with Crippen molar-refractivity contribution in [1.29, 1.82) is 0 Å². The molecule has 1 atom stereocenters. The molecule has 198 valence electrons. The Morgan fingerprint density at radius 2 is 2.00 bits per heavy atom. The van der Waals surface area contributed by atoms with E-state index in [-0.39, 0.29) is 35.3 Å². The SMILES string of the molecule is O=C(N[C@@H](CCOC1CC(CCc2ccc3c(n2)CCCC3)C1)C(=O)O)c1c(Cl)cc(=O)n2c1CCC2. The van der Waals surface area contributed by atoms with Crippen LogP contribution in [-0.2, 0) is 41.8 Å². The molecule has 2 aromatic rings. The van der Waals surface area contributed by atoms with E-state index in [0.717, 1.165) is 44.9 Å². The van der Waals surface area contributed by atoms with Crippen molar-refractivity contribution in [2.75, 3.05) is 6.61 Å². The average molecular weight is 528 g/mol. The third-order valence-corrected chi connectivity index (χ3v) is 8.29. The fraction of sp³-hybridized carbons (Fsp3) is 0.571. The molecule has 1 saturated carbocycles. The maximum absolute atomic E-state index is 12.9. The predicted octanol–water partition coefficient (Wildman–Crippen LogP) is 3.72. The van der Waals surface area contributed by atoms with Gasteiger partial charge in [0.1, 0.15) is 6.04 Å². The Balaban J connectivity index is 1.06. The highest BCUT2D eigenvalue weighted by Crippen LogP contribution is 2.34. The summed E-state index contributed by atoms with van der Waals surface area (Å²) in [6.07, 6.45) is 10.4. The Kier molecular flexibility index (Phi) is 7.95. The van der Waals surface area contributed by atoms with Gasteiger partial charge in [-0.3, -0.25) is 14.6 Å². The van der Waals surface area contributed by atoms with Crippen molar-refractivity contribution >= 4 is 23.5 Å². The van der Waals surface area contributed by atoms with E-state index in [2.05, 4.69) is 17.4 Å². The molecule has 0 bridgehead atoms. The summed E-state index contributed by atoms with van der Waals surface area (Å²) >= 11 is 6.20. The molecule has 2 aromatic heterocycles. The van der Waals surface area contributed by atoms with E-state index >= 15 is 0 Å². The number of halogens is 1. The second-order valence-electron chi connectivity index (χ2n) is 10.5. The van der Waals surface area contributed by atoms with Crippen LogP contribution in [0.15, 0.2) is 23.0 Å². The molecule has 0 radical (unpaired) electrons. The van der Waals surface area contributed by atoms with Crippen molar-refractivity contribution < 1.29 is 19.4 Å². The lowest BCUT2D eigenvalue weighted by molar-refractivity contribution is -0.140. The number of aliphatic carboxylic acids is 1. The summed E-state index contributed by atoms with van der Waals surface area (Å²) in [7, 11) is 0. The lowest BCUT2D eigenvalue weighted by Gasteiger charge is -2.35. The molecule has 3 aliphatic rings. The van der Waals surface area contributed by atoms with Gasteiger partial charge < -0.3 is 19.7 Å². The zero-order valence-electron chi connectivity index (χ0n) is 21.0. The van der Waals surface area contributed by atoms with Gasteiger partial charge in [0.25, 0.3) is 11.5 Å². The average Bonchev–Trinajstić information content (AvgIpc) is 3.34. The predicted molar refractivity (Wildman–Crippen MR) is 139 cm³/mol. The first-order valence-corrected chi connectivity index (χ1v) is 13.8. The van der Waals surface area contributed by atoms with Crippen LogP contribution in [0.4, 0.5) is 0 Å². The molecule has 8 nitrogen and oxygen atoms in total. The number of nitrogens with one attached hydrogen (secondary N) is 1. The number of carbonyl (C=O) groups excluding carboxylic acids is 1. The smallest absolute Gasteiger partial charge is 0.326 e. The Bertz CT molecular complexity index is 1240. The lowest BCUT2D eigenvalue weighted by atomic mass is 9.79. The van der Waals surface area contributed by atoms with Gasteiger partial charge in [0.2, 0.25) is 0 Å². The number of aromatic nitrogens is 2. The molecule has 3 heterocycles. The first-order valence-electron chi connectivity index (χ1n) is 13.4. The monoisotopic (exact) mass is 527 g/mol. The van der Waals surface area contributed by atoms with Crippen LogP contribution in [-0.4, -0.2) is 45.3 Å². The topological polar surface area (TPSA) is 111 Å². The van der Waals surface area contributed by atoms with Crippen LogP contribution in [0.2, 0.25) is 5.02 Å². The zero-order valence-corrected chi connectivity index (χ0v) is 21.8. The highest BCUT2D eigenvalue weighted by molar-refractivity contribution is 6.34. The molecular formula is C28H34ClN3O5. The van der Waals surface area contributed by atoms with Crippen LogP contribution in [0, 0.1) is 5.92 Å². The summed E-state index contributed by atoms with van der Waals surface area (Å²) < 4.78 is 7.45. The lowest BCUT2D eigenvalue weighted by Crippen LogP contribution is -2.43. The first-order chi connectivity index (χ1) is 17.9. The van der Waals surface area contributed by atoms with E-state index in [1.807, 2.05) is 0 Å². The molecule has 9 heteroatoms. The number of carbonyl (C=O) groups is 2. The minimum absolute atomic E-state index is 0.0575. The molecule has 0 saturated heterocycles. The van der Waals surface area contributed by atoms with Gasteiger partial charge in [-0.25, -0.2) is 4.79 Å². The van der Waals surface area contributed by atoms with Crippen LogP contribution in [0.25, 0.3) is 0 Å². The van der Waals surface area contributed by atoms with Gasteiger partial charge in [0.05, 0.1) is 16.7 Å². The number of ether oxygens (including phenoxy) is 1. The summed E-state index contributed by atoms with van der Waals surface area (Å²) in [6.45, 7) is 0.787. The van der Waals surface area contributed by atoms with Gasteiger partial charge in [-0.1, -0.05) is 17.7 Å². The molecule has 2 N–H and O–H groups in total. The minimum Gasteiger partial charge on any atom is -0.480 e. The van der Waals surface area contributed by atoms with E-state index in [1.54, 1.807) is 0 Å². The van der Waals surface area contributed by atoms with Crippen LogP contribution in [0.1, 0.15) is 77.9 Å². The number of fused-ring (bicyclic) bond motifs is 2. The highest BCUT2D eigenvalue weighted by Gasteiger charge is 2.31. The quantitative estimate of drug-likeness (QED) is 0.487. The van der Waals surface area contributed by atoms with E-state index in [9.17, 15) is 19.5 Å². The molecule has 1 aliphatic heterocycles. The Hall–Kier alpha value is -2.71. The number of amides is 1. The molecule has 1 amide bonds.